The van der Waals surface area contributed by atoms with Crippen molar-refractivity contribution < 1.29 is 13.7 Å². The SMILES string of the molecule is O=C(c1ccc(Br)o1)N1CCN(CCCc2nc(-c3cccs3)no2)CC1. The van der Waals surface area contributed by atoms with Crippen LogP contribution in [0.25, 0.3) is 10.7 Å². The van der Waals surface area contributed by atoms with Crippen molar-refractivity contribution in [2.24, 2.45) is 0 Å². The minimum Gasteiger partial charge on any atom is -0.444 e. The van der Waals surface area contributed by atoms with E-state index in [-0.39, 0.29) is 5.91 Å². The third-order valence-corrected chi connectivity index (χ3v) is 5.81. The summed E-state index contributed by atoms with van der Waals surface area (Å²) in [5, 5.41) is 6.04. The molecule has 1 aliphatic heterocycles. The second-order valence-corrected chi connectivity index (χ2v) is 8.06. The van der Waals surface area contributed by atoms with Gasteiger partial charge >= 0.3 is 0 Å². The Morgan fingerprint density at radius 2 is 2.07 bits per heavy atom. The molecule has 0 radical (unpaired) electrons. The fourth-order valence-electron chi connectivity index (χ4n) is 3.08. The molecule has 1 amide bonds. The first-order chi connectivity index (χ1) is 13.2. The molecule has 1 aliphatic rings. The molecule has 0 aliphatic carbocycles. The van der Waals surface area contributed by atoms with Crippen molar-refractivity contribution in [3.63, 3.8) is 0 Å². The highest BCUT2D eigenvalue weighted by molar-refractivity contribution is 9.10. The van der Waals surface area contributed by atoms with Crippen LogP contribution in [0.15, 0.2) is 43.3 Å². The average Bonchev–Trinajstić information content (AvgIpc) is 3.43. The first-order valence-corrected chi connectivity index (χ1v) is 10.5. The molecule has 9 heteroatoms. The fraction of sp³-hybridized carbons (Fsp3) is 0.389. The van der Waals surface area contributed by atoms with Crippen LogP contribution < -0.4 is 0 Å². The average molecular weight is 451 g/mol. The number of amides is 1. The molecule has 7 nitrogen and oxygen atoms in total. The van der Waals surface area contributed by atoms with Gasteiger partial charge in [-0.05, 0) is 52.5 Å². The molecular weight excluding hydrogens is 432 g/mol. The molecule has 0 unspecified atom stereocenters. The minimum atomic E-state index is -0.0488. The van der Waals surface area contributed by atoms with Gasteiger partial charge in [-0.1, -0.05) is 11.2 Å². The second kappa shape index (κ2) is 8.37. The molecule has 0 saturated carbocycles. The number of thiophene rings is 1. The Morgan fingerprint density at radius 3 is 2.78 bits per heavy atom. The predicted octanol–water partition coefficient (Wildman–Crippen LogP) is 3.54. The molecule has 142 valence electrons. The highest BCUT2D eigenvalue weighted by Gasteiger charge is 2.24. The smallest absolute Gasteiger partial charge is 0.289 e. The summed E-state index contributed by atoms with van der Waals surface area (Å²) in [6.07, 6.45) is 1.71. The molecule has 4 heterocycles. The van der Waals surface area contributed by atoms with Crippen molar-refractivity contribution in [2.75, 3.05) is 32.7 Å². The zero-order valence-electron chi connectivity index (χ0n) is 14.6. The van der Waals surface area contributed by atoms with Gasteiger partial charge in [0.05, 0.1) is 4.88 Å². The maximum absolute atomic E-state index is 12.4. The Hall–Kier alpha value is -1.97. The Kier molecular flexibility index (Phi) is 5.70. The number of aromatic nitrogens is 2. The van der Waals surface area contributed by atoms with Crippen LogP contribution in [0.4, 0.5) is 0 Å². The molecule has 0 atom stereocenters. The van der Waals surface area contributed by atoms with E-state index >= 15 is 0 Å². The summed E-state index contributed by atoms with van der Waals surface area (Å²) in [4.78, 5) is 22.1. The molecule has 3 aromatic heterocycles. The number of furan rings is 1. The molecular formula is C18H19BrN4O3S. The number of hydrogen-bond acceptors (Lipinski definition) is 7. The summed E-state index contributed by atoms with van der Waals surface area (Å²) in [6, 6.07) is 7.41. The van der Waals surface area contributed by atoms with Gasteiger partial charge < -0.3 is 13.8 Å². The van der Waals surface area contributed by atoms with E-state index in [4.69, 9.17) is 8.94 Å². The van der Waals surface area contributed by atoms with Crippen LogP contribution in [-0.4, -0.2) is 58.6 Å². The number of aryl methyl sites for hydroxylation is 1. The number of rotatable bonds is 6. The van der Waals surface area contributed by atoms with E-state index in [0.29, 0.717) is 35.2 Å². The van der Waals surface area contributed by atoms with Crippen LogP contribution in [0.5, 0.6) is 0 Å². The topological polar surface area (TPSA) is 75.6 Å². The molecule has 1 fully saturated rings. The van der Waals surface area contributed by atoms with Crippen LogP contribution in [0.3, 0.4) is 0 Å². The van der Waals surface area contributed by atoms with Gasteiger partial charge in [-0.15, -0.1) is 11.3 Å². The van der Waals surface area contributed by atoms with Gasteiger partial charge in [-0.25, -0.2) is 0 Å². The molecule has 4 rings (SSSR count). The van der Waals surface area contributed by atoms with Crippen molar-refractivity contribution in [1.29, 1.82) is 0 Å². The summed E-state index contributed by atoms with van der Waals surface area (Å²) in [5.41, 5.74) is 0. The number of nitrogens with zero attached hydrogens (tertiary/aromatic N) is 4. The highest BCUT2D eigenvalue weighted by Crippen LogP contribution is 2.21. The maximum Gasteiger partial charge on any atom is 0.289 e. The number of piperazine rings is 1. The Balaban J connectivity index is 1.20. The van der Waals surface area contributed by atoms with E-state index in [0.717, 1.165) is 37.4 Å². The standard InChI is InChI=1S/C18H19BrN4O3S/c19-15-6-5-13(25-15)18(24)23-10-8-22(9-11-23)7-1-4-16-20-17(21-26-16)14-3-2-12-27-14/h2-3,5-6,12H,1,4,7-11H2. The van der Waals surface area contributed by atoms with Crippen molar-refractivity contribution in [1.82, 2.24) is 19.9 Å². The van der Waals surface area contributed by atoms with Gasteiger partial charge in [0.15, 0.2) is 10.4 Å². The van der Waals surface area contributed by atoms with Gasteiger partial charge in [-0.2, -0.15) is 4.98 Å². The molecule has 0 spiro atoms. The minimum absolute atomic E-state index is 0.0488. The van der Waals surface area contributed by atoms with Crippen molar-refractivity contribution >= 4 is 33.2 Å². The van der Waals surface area contributed by atoms with Crippen molar-refractivity contribution in [3.8, 4) is 10.7 Å². The summed E-state index contributed by atoms with van der Waals surface area (Å²) in [6.45, 7) is 4.08. The molecule has 0 bridgehead atoms. The summed E-state index contributed by atoms with van der Waals surface area (Å²) >= 11 is 4.84. The Bertz CT molecular complexity index is 884. The molecule has 0 N–H and O–H groups in total. The predicted molar refractivity (Wildman–Crippen MR) is 105 cm³/mol. The zero-order chi connectivity index (χ0) is 18.6. The lowest BCUT2D eigenvalue weighted by atomic mass is 10.2. The summed E-state index contributed by atoms with van der Waals surface area (Å²) in [7, 11) is 0. The molecule has 3 aromatic rings. The first-order valence-electron chi connectivity index (χ1n) is 8.82. The normalized spacial score (nSPS) is 15.4. The number of carbonyl (C=O) groups excluding carboxylic acids is 1. The quantitative estimate of drug-likeness (QED) is 0.571. The lowest BCUT2D eigenvalue weighted by Crippen LogP contribution is -2.48. The van der Waals surface area contributed by atoms with E-state index in [9.17, 15) is 4.79 Å². The van der Waals surface area contributed by atoms with E-state index < -0.39 is 0 Å². The van der Waals surface area contributed by atoms with Crippen molar-refractivity contribution in [3.05, 3.63) is 46.0 Å². The van der Waals surface area contributed by atoms with E-state index in [2.05, 4.69) is 31.0 Å². The Labute approximate surface area is 169 Å². The van der Waals surface area contributed by atoms with Gasteiger partial charge in [-0.3, -0.25) is 9.69 Å². The number of halogens is 1. The van der Waals surface area contributed by atoms with Crippen LogP contribution >= 0.6 is 27.3 Å². The van der Waals surface area contributed by atoms with Crippen LogP contribution in [0.1, 0.15) is 22.9 Å². The third kappa shape index (κ3) is 4.48. The van der Waals surface area contributed by atoms with E-state index in [1.165, 1.54) is 0 Å². The monoisotopic (exact) mass is 450 g/mol. The highest BCUT2D eigenvalue weighted by atomic mass is 79.9. The first kappa shape index (κ1) is 18.4. The molecule has 27 heavy (non-hydrogen) atoms. The third-order valence-electron chi connectivity index (χ3n) is 4.52. The van der Waals surface area contributed by atoms with Crippen molar-refractivity contribution in [2.45, 2.75) is 12.8 Å². The van der Waals surface area contributed by atoms with E-state index in [1.54, 1.807) is 23.5 Å². The lowest BCUT2D eigenvalue weighted by Gasteiger charge is -2.34. The number of hydrogen-bond donors (Lipinski definition) is 0. The van der Waals surface area contributed by atoms with Gasteiger partial charge in [0.1, 0.15) is 0 Å². The maximum atomic E-state index is 12.4. The molecule has 1 saturated heterocycles. The van der Waals surface area contributed by atoms with Gasteiger partial charge in [0.2, 0.25) is 11.7 Å². The van der Waals surface area contributed by atoms with Crippen LogP contribution in [-0.2, 0) is 6.42 Å². The van der Waals surface area contributed by atoms with Gasteiger partial charge in [0.25, 0.3) is 5.91 Å². The second-order valence-electron chi connectivity index (χ2n) is 6.33. The lowest BCUT2D eigenvalue weighted by molar-refractivity contribution is 0.0603. The van der Waals surface area contributed by atoms with Crippen LogP contribution in [0, 0.1) is 0 Å². The largest absolute Gasteiger partial charge is 0.444 e. The summed E-state index contributed by atoms with van der Waals surface area (Å²) < 4.78 is 11.3. The Morgan fingerprint density at radius 1 is 1.22 bits per heavy atom. The fourth-order valence-corrected chi connectivity index (χ4v) is 4.03. The summed E-state index contributed by atoms with van der Waals surface area (Å²) in [5.74, 6) is 1.67. The zero-order valence-corrected chi connectivity index (χ0v) is 17.0. The van der Waals surface area contributed by atoms with Crippen LogP contribution in [0.2, 0.25) is 0 Å². The van der Waals surface area contributed by atoms with E-state index in [1.807, 2.05) is 22.4 Å². The van der Waals surface area contributed by atoms with Gasteiger partial charge in [0, 0.05) is 32.6 Å². The molecule has 0 aromatic carbocycles. The number of carbonyl (C=O) groups is 1.